The van der Waals surface area contributed by atoms with Crippen LogP contribution in [0.15, 0.2) is 36.9 Å². The van der Waals surface area contributed by atoms with Crippen molar-refractivity contribution in [2.75, 3.05) is 20.2 Å². The second-order valence-electron chi connectivity index (χ2n) is 7.31. The number of nitrogens with zero attached hydrogens (tertiary/aromatic N) is 7. The minimum Gasteiger partial charge on any atom is -0.378 e. The fourth-order valence-electron chi connectivity index (χ4n) is 3.77. The van der Waals surface area contributed by atoms with E-state index in [0.29, 0.717) is 25.4 Å². The highest BCUT2D eigenvalue weighted by Crippen LogP contribution is 2.26. The fraction of sp³-hybridized carbons (Fsp3) is 0.450. The van der Waals surface area contributed by atoms with Crippen molar-refractivity contribution in [2.45, 2.75) is 31.9 Å². The molecular formula is C20H25N7O2. The number of carbonyl (C=O) groups is 1. The van der Waals surface area contributed by atoms with Gasteiger partial charge < -0.3 is 18.8 Å². The van der Waals surface area contributed by atoms with Gasteiger partial charge in [-0.05, 0) is 25.0 Å². The van der Waals surface area contributed by atoms with Gasteiger partial charge in [0.15, 0.2) is 5.82 Å². The second-order valence-corrected chi connectivity index (χ2v) is 7.31. The zero-order chi connectivity index (χ0) is 20.2. The Balaban J connectivity index is 1.48. The molecule has 4 heterocycles. The molecule has 3 aromatic rings. The number of hydrogen-bond donors (Lipinski definition) is 0. The molecule has 1 fully saturated rings. The molecule has 1 atom stereocenters. The van der Waals surface area contributed by atoms with Crippen molar-refractivity contribution >= 4 is 5.91 Å². The molecule has 0 radical (unpaired) electrons. The van der Waals surface area contributed by atoms with Crippen LogP contribution in [0.2, 0.25) is 0 Å². The third-order valence-electron chi connectivity index (χ3n) is 5.27. The zero-order valence-corrected chi connectivity index (χ0v) is 16.7. The molecule has 1 aliphatic rings. The Morgan fingerprint density at radius 1 is 1.31 bits per heavy atom. The predicted molar refractivity (Wildman–Crippen MR) is 105 cm³/mol. The quantitative estimate of drug-likeness (QED) is 0.630. The number of ether oxygens (including phenoxy) is 1. The number of aromatic nitrogens is 6. The van der Waals surface area contributed by atoms with Crippen molar-refractivity contribution in [1.29, 1.82) is 0 Å². The normalized spacial score (nSPS) is 16.9. The van der Waals surface area contributed by atoms with Crippen molar-refractivity contribution in [2.24, 2.45) is 7.05 Å². The minimum absolute atomic E-state index is 0.0477. The van der Waals surface area contributed by atoms with Crippen molar-refractivity contribution in [3.63, 3.8) is 0 Å². The molecule has 1 aliphatic heterocycles. The van der Waals surface area contributed by atoms with Crippen molar-refractivity contribution in [1.82, 2.24) is 34.2 Å². The molecule has 1 saturated heterocycles. The van der Waals surface area contributed by atoms with E-state index in [2.05, 4.69) is 20.2 Å². The highest BCUT2D eigenvalue weighted by molar-refractivity contribution is 5.92. The Morgan fingerprint density at radius 3 is 3.00 bits per heavy atom. The van der Waals surface area contributed by atoms with Gasteiger partial charge in [-0.3, -0.25) is 4.79 Å². The van der Waals surface area contributed by atoms with Gasteiger partial charge in [-0.25, -0.2) is 9.97 Å². The Bertz CT molecular complexity index is 967. The Labute approximate surface area is 169 Å². The topological polar surface area (TPSA) is 91.0 Å². The average molecular weight is 395 g/mol. The first kappa shape index (κ1) is 19.3. The highest BCUT2D eigenvalue weighted by atomic mass is 16.5. The number of imidazole rings is 1. The van der Waals surface area contributed by atoms with Gasteiger partial charge in [0, 0.05) is 45.6 Å². The van der Waals surface area contributed by atoms with Gasteiger partial charge in [0.25, 0.3) is 5.91 Å². The third kappa shape index (κ3) is 4.19. The summed E-state index contributed by atoms with van der Waals surface area (Å²) in [5.41, 5.74) is 1.21. The summed E-state index contributed by atoms with van der Waals surface area (Å²) in [6.07, 6.45) is 7.33. The number of hydrogen-bond acceptors (Lipinski definition) is 6. The lowest BCUT2D eigenvalue weighted by Gasteiger charge is -2.32. The van der Waals surface area contributed by atoms with Crippen LogP contribution in [0.5, 0.6) is 0 Å². The smallest absolute Gasteiger partial charge is 0.272 e. The molecule has 0 spiro atoms. The van der Waals surface area contributed by atoms with E-state index in [4.69, 9.17) is 4.74 Å². The van der Waals surface area contributed by atoms with E-state index >= 15 is 0 Å². The van der Waals surface area contributed by atoms with Gasteiger partial charge >= 0.3 is 0 Å². The van der Waals surface area contributed by atoms with Gasteiger partial charge in [-0.15, -0.1) is 10.2 Å². The first-order valence-electron chi connectivity index (χ1n) is 9.73. The maximum atomic E-state index is 13.0. The maximum absolute atomic E-state index is 13.0. The zero-order valence-electron chi connectivity index (χ0n) is 16.7. The van der Waals surface area contributed by atoms with Gasteiger partial charge in [-0.2, -0.15) is 0 Å². The maximum Gasteiger partial charge on any atom is 0.272 e. The lowest BCUT2D eigenvalue weighted by Crippen LogP contribution is -2.40. The van der Waals surface area contributed by atoms with Gasteiger partial charge in [0.2, 0.25) is 0 Å². The number of rotatable bonds is 6. The van der Waals surface area contributed by atoms with E-state index in [-0.39, 0.29) is 11.8 Å². The predicted octanol–water partition coefficient (Wildman–Crippen LogP) is 1.62. The average Bonchev–Trinajstić information content (AvgIpc) is 3.39. The minimum atomic E-state index is -0.0477. The van der Waals surface area contributed by atoms with E-state index in [1.807, 2.05) is 39.4 Å². The van der Waals surface area contributed by atoms with Crippen molar-refractivity contribution in [3.05, 3.63) is 60.0 Å². The van der Waals surface area contributed by atoms with E-state index in [1.54, 1.807) is 25.7 Å². The van der Waals surface area contributed by atoms with Crippen molar-refractivity contribution < 1.29 is 9.53 Å². The summed E-state index contributed by atoms with van der Waals surface area (Å²) in [7, 11) is 3.60. The van der Waals surface area contributed by atoms with Gasteiger partial charge in [0.1, 0.15) is 11.5 Å². The number of amides is 1. The summed E-state index contributed by atoms with van der Waals surface area (Å²) in [6, 6.07) is 5.47. The molecule has 0 bridgehead atoms. The van der Waals surface area contributed by atoms with Crippen LogP contribution in [0, 0.1) is 0 Å². The van der Waals surface area contributed by atoms with Crippen LogP contribution in [0.3, 0.4) is 0 Å². The van der Waals surface area contributed by atoms with Crippen LogP contribution in [0.25, 0.3) is 0 Å². The summed E-state index contributed by atoms with van der Waals surface area (Å²) in [5.74, 6) is 1.89. The summed E-state index contributed by atoms with van der Waals surface area (Å²) in [4.78, 5) is 23.4. The lowest BCUT2D eigenvalue weighted by molar-refractivity contribution is 0.0696. The summed E-state index contributed by atoms with van der Waals surface area (Å²) >= 11 is 0. The van der Waals surface area contributed by atoms with Crippen LogP contribution in [-0.2, 0) is 24.9 Å². The number of likely N-dealkylation sites (tertiary alicyclic amines) is 1. The lowest BCUT2D eigenvalue weighted by atomic mass is 9.97. The van der Waals surface area contributed by atoms with E-state index in [1.165, 1.54) is 0 Å². The molecule has 1 unspecified atom stereocenters. The molecule has 0 aromatic carbocycles. The van der Waals surface area contributed by atoms with Gasteiger partial charge in [0.05, 0.1) is 25.2 Å². The molecule has 1 amide bonds. The molecule has 3 aromatic heterocycles. The molecule has 29 heavy (non-hydrogen) atoms. The van der Waals surface area contributed by atoms with Gasteiger partial charge in [-0.1, -0.05) is 6.07 Å². The first-order valence-corrected chi connectivity index (χ1v) is 9.73. The highest BCUT2D eigenvalue weighted by Gasteiger charge is 2.29. The van der Waals surface area contributed by atoms with Crippen LogP contribution >= 0.6 is 0 Å². The van der Waals surface area contributed by atoms with Crippen LogP contribution in [0.1, 0.15) is 46.6 Å². The standard InChI is InChI=1S/C20H25N7O2/c1-25-18(12-26-10-8-21-14-26)23-24-19(25)15-5-4-9-27(11-15)20(28)17-7-3-6-16(22-17)13-29-2/h3,6-8,10,14-15H,4-5,9,11-13H2,1-2H3. The number of pyridine rings is 1. The number of piperidine rings is 1. The molecule has 9 nitrogen and oxygen atoms in total. The summed E-state index contributed by atoms with van der Waals surface area (Å²) in [5, 5.41) is 8.79. The number of carbonyl (C=O) groups excluding carboxylic acids is 1. The van der Waals surface area contributed by atoms with E-state index in [0.717, 1.165) is 36.7 Å². The van der Waals surface area contributed by atoms with Crippen LogP contribution < -0.4 is 0 Å². The summed E-state index contributed by atoms with van der Waals surface area (Å²) < 4.78 is 9.12. The molecule has 9 heteroatoms. The molecule has 0 N–H and O–H groups in total. The third-order valence-corrected chi connectivity index (χ3v) is 5.27. The molecule has 152 valence electrons. The van der Waals surface area contributed by atoms with Crippen LogP contribution in [-0.4, -0.2) is 60.3 Å². The van der Waals surface area contributed by atoms with E-state index < -0.39 is 0 Å². The summed E-state index contributed by atoms with van der Waals surface area (Å²) in [6.45, 7) is 2.36. The van der Waals surface area contributed by atoms with E-state index in [9.17, 15) is 4.79 Å². The largest absolute Gasteiger partial charge is 0.378 e. The Kier molecular flexibility index (Phi) is 5.66. The molecule has 0 aliphatic carbocycles. The second kappa shape index (κ2) is 8.52. The molecule has 0 saturated carbocycles. The SMILES string of the molecule is COCc1cccc(C(=O)N2CCCC(c3nnc(Cn4ccnc4)n3C)C2)n1. The Hall–Kier alpha value is -3.07. The fourth-order valence-corrected chi connectivity index (χ4v) is 3.77. The van der Waals surface area contributed by atoms with Crippen LogP contribution in [0.4, 0.5) is 0 Å². The number of methoxy groups -OCH3 is 1. The monoisotopic (exact) mass is 395 g/mol. The molecular weight excluding hydrogens is 370 g/mol. The molecule has 4 rings (SSSR count). The first-order chi connectivity index (χ1) is 14.2. The van der Waals surface area contributed by atoms with Crippen molar-refractivity contribution in [3.8, 4) is 0 Å². The Morgan fingerprint density at radius 2 is 2.21 bits per heavy atom.